The molecule has 2 atom stereocenters. The first kappa shape index (κ1) is 13.1. The molecule has 0 fully saturated rings. The molecule has 0 amide bonds. The van der Waals surface area contributed by atoms with Crippen LogP contribution in [0.1, 0.15) is 13.8 Å². The van der Waals surface area contributed by atoms with Crippen LogP contribution >= 0.6 is 0 Å². The summed E-state index contributed by atoms with van der Waals surface area (Å²) in [6.45, 7) is 3.33. The summed E-state index contributed by atoms with van der Waals surface area (Å²) in [5.74, 6) is 0. The minimum absolute atomic E-state index is 0.0422. The van der Waals surface area contributed by atoms with Gasteiger partial charge in [-0.2, -0.15) is 0 Å². The molecule has 0 aromatic carbocycles. The number of allylic oxidation sites excluding steroid dienone is 3. The average molecular weight is 198 g/mol. The van der Waals surface area contributed by atoms with Crippen molar-refractivity contribution in [1.82, 2.24) is 0 Å². The van der Waals surface area contributed by atoms with E-state index in [2.05, 4.69) is 0 Å². The fourth-order valence-electron chi connectivity index (χ4n) is 0.829. The van der Waals surface area contributed by atoms with E-state index in [4.69, 9.17) is 10.2 Å². The van der Waals surface area contributed by atoms with Crippen LogP contribution in [0.4, 0.5) is 0 Å². The van der Waals surface area contributed by atoms with Gasteiger partial charge >= 0.3 is 0 Å². The zero-order valence-corrected chi connectivity index (χ0v) is 8.59. The molecular formula is C11H18O3. The van der Waals surface area contributed by atoms with Crippen LogP contribution in [0.3, 0.4) is 0 Å². The van der Waals surface area contributed by atoms with E-state index in [0.29, 0.717) is 0 Å². The highest BCUT2D eigenvalue weighted by Crippen LogP contribution is 1.98. The minimum Gasteiger partial charge on any atom is -0.392 e. The van der Waals surface area contributed by atoms with E-state index < -0.39 is 12.2 Å². The van der Waals surface area contributed by atoms with E-state index in [1.807, 2.05) is 13.0 Å². The van der Waals surface area contributed by atoms with Gasteiger partial charge in [0.2, 0.25) is 0 Å². The highest BCUT2D eigenvalue weighted by molar-refractivity contribution is 5.24. The Hall–Kier alpha value is -0.900. The lowest BCUT2D eigenvalue weighted by atomic mass is 10.2. The SMILES string of the molecule is C\C=C/C(=C/C=C/[C@H](O)[C@@H](C)O)CO. The van der Waals surface area contributed by atoms with Crippen LogP contribution in [-0.4, -0.2) is 34.1 Å². The van der Waals surface area contributed by atoms with Gasteiger partial charge in [0.1, 0.15) is 0 Å². The van der Waals surface area contributed by atoms with E-state index in [1.54, 1.807) is 18.2 Å². The predicted molar refractivity (Wildman–Crippen MR) is 56.8 cm³/mol. The van der Waals surface area contributed by atoms with Crippen molar-refractivity contribution in [3.05, 3.63) is 36.0 Å². The number of aliphatic hydroxyl groups excluding tert-OH is 3. The van der Waals surface area contributed by atoms with Crippen molar-refractivity contribution in [2.75, 3.05) is 6.61 Å². The van der Waals surface area contributed by atoms with Crippen LogP contribution in [0.15, 0.2) is 36.0 Å². The lowest BCUT2D eigenvalue weighted by Gasteiger charge is -2.06. The zero-order valence-electron chi connectivity index (χ0n) is 8.59. The Balaban J connectivity index is 4.23. The Morgan fingerprint density at radius 3 is 2.43 bits per heavy atom. The van der Waals surface area contributed by atoms with E-state index in [0.717, 1.165) is 5.57 Å². The molecule has 0 aliphatic rings. The standard InChI is InChI=1S/C11H18O3/c1-3-5-10(8-12)6-4-7-11(14)9(2)13/h3-7,9,11-14H,8H2,1-2H3/b5-3-,7-4+,10-6-/t9-,11+/m1/s1. The third-order valence-electron chi connectivity index (χ3n) is 1.68. The van der Waals surface area contributed by atoms with Crippen LogP contribution in [0, 0.1) is 0 Å². The summed E-state index contributed by atoms with van der Waals surface area (Å²) < 4.78 is 0. The highest BCUT2D eigenvalue weighted by Gasteiger charge is 2.04. The highest BCUT2D eigenvalue weighted by atomic mass is 16.3. The first-order valence-electron chi connectivity index (χ1n) is 4.58. The van der Waals surface area contributed by atoms with Crippen LogP contribution in [0.25, 0.3) is 0 Å². The van der Waals surface area contributed by atoms with E-state index >= 15 is 0 Å². The molecule has 3 heteroatoms. The maximum atomic E-state index is 9.20. The third kappa shape index (κ3) is 5.70. The van der Waals surface area contributed by atoms with Crippen molar-refractivity contribution in [2.24, 2.45) is 0 Å². The second-order valence-corrected chi connectivity index (χ2v) is 3.02. The van der Waals surface area contributed by atoms with E-state index in [9.17, 15) is 5.11 Å². The predicted octanol–water partition coefficient (Wildman–Crippen LogP) is 0.779. The molecule has 0 saturated carbocycles. The maximum Gasteiger partial charge on any atom is 0.0980 e. The van der Waals surface area contributed by atoms with Gasteiger partial charge in [-0.25, -0.2) is 0 Å². The molecule has 0 aliphatic heterocycles. The Morgan fingerprint density at radius 1 is 1.36 bits per heavy atom. The molecule has 3 N–H and O–H groups in total. The lowest BCUT2D eigenvalue weighted by Crippen LogP contribution is -2.19. The zero-order chi connectivity index (χ0) is 11.0. The number of hydrogen-bond donors (Lipinski definition) is 3. The van der Waals surface area contributed by atoms with E-state index in [1.165, 1.54) is 13.0 Å². The van der Waals surface area contributed by atoms with Crippen LogP contribution < -0.4 is 0 Å². The molecule has 0 aromatic heterocycles. The molecule has 0 unspecified atom stereocenters. The smallest absolute Gasteiger partial charge is 0.0980 e. The maximum absolute atomic E-state index is 9.20. The second kappa shape index (κ2) is 7.50. The van der Waals surface area contributed by atoms with Crippen molar-refractivity contribution in [3.63, 3.8) is 0 Å². The molecule has 14 heavy (non-hydrogen) atoms. The van der Waals surface area contributed by atoms with Crippen molar-refractivity contribution < 1.29 is 15.3 Å². The summed E-state index contributed by atoms with van der Waals surface area (Å²) >= 11 is 0. The van der Waals surface area contributed by atoms with Crippen LogP contribution in [-0.2, 0) is 0 Å². The molecule has 80 valence electrons. The lowest BCUT2D eigenvalue weighted by molar-refractivity contribution is 0.0619. The monoisotopic (exact) mass is 198 g/mol. The normalized spacial score (nSPS) is 17.9. The molecule has 0 bridgehead atoms. The van der Waals surface area contributed by atoms with Gasteiger partial charge in [-0.05, 0) is 19.4 Å². The van der Waals surface area contributed by atoms with Crippen molar-refractivity contribution in [3.8, 4) is 0 Å². The van der Waals surface area contributed by atoms with Gasteiger partial charge < -0.3 is 15.3 Å². The van der Waals surface area contributed by atoms with Gasteiger partial charge in [-0.15, -0.1) is 0 Å². The molecule has 0 radical (unpaired) electrons. The Bertz CT molecular complexity index is 227. The molecule has 0 aromatic rings. The Morgan fingerprint density at radius 2 is 2.00 bits per heavy atom. The van der Waals surface area contributed by atoms with E-state index in [-0.39, 0.29) is 6.61 Å². The van der Waals surface area contributed by atoms with Crippen LogP contribution in [0.5, 0.6) is 0 Å². The van der Waals surface area contributed by atoms with Gasteiger partial charge in [-0.1, -0.05) is 30.4 Å². The number of rotatable bonds is 5. The fourth-order valence-corrected chi connectivity index (χ4v) is 0.829. The second-order valence-electron chi connectivity index (χ2n) is 3.02. The van der Waals surface area contributed by atoms with Gasteiger partial charge in [0.15, 0.2) is 0 Å². The van der Waals surface area contributed by atoms with Gasteiger partial charge in [0, 0.05) is 0 Å². The topological polar surface area (TPSA) is 60.7 Å². The first-order valence-corrected chi connectivity index (χ1v) is 4.58. The molecule has 0 spiro atoms. The average Bonchev–Trinajstić information content (AvgIpc) is 2.16. The molecule has 0 rings (SSSR count). The number of aliphatic hydroxyl groups is 3. The quantitative estimate of drug-likeness (QED) is 0.572. The molecule has 3 nitrogen and oxygen atoms in total. The minimum atomic E-state index is -0.864. The van der Waals surface area contributed by atoms with Crippen molar-refractivity contribution in [1.29, 1.82) is 0 Å². The largest absolute Gasteiger partial charge is 0.392 e. The summed E-state index contributed by atoms with van der Waals surface area (Å²) in [5.41, 5.74) is 0.751. The Labute approximate surface area is 84.7 Å². The summed E-state index contributed by atoms with van der Waals surface area (Å²) in [6, 6.07) is 0. The third-order valence-corrected chi connectivity index (χ3v) is 1.68. The molecule has 0 aliphatic carbocycles. The molecule has 0 saturated heterocycles. The van der Waals surface area contributed by atoms with Gasteiger partial charge in [0.25, 0.3) is 0 Å². The van der Waals surface area contributed by atoms with Crippen LogP contribution in [0.2, 0.25) is 0 Å². The molecule has 0 heterocycles. The van der Waals surface area contributed by atoms with Gasteiger partial charge in [-0.3, -0.25) is 0 Å². The molecular weight excluding hydrogens is 180 g/mol. The fraction of sp³-hybridized carbons (Fsp3) is 0.455. The summed E-state index contributed by atoms with van der Waals surface area (Å²) in [4.78, 5) is 0. The summed E-state index contributed by atoms with van der Waals surface area (Å²) in [5, 5.41) is 27.0. The summed E-state index contributed by atoms with van der Waals surface area (Å²) in [6.07, 6.45) is 6.73. The Kier molecular flexibility index (Phi) is 7.02. The first-order chi connectivity index (χ1) is 6.61. The van der Waals surface area contributed by atoms with Crippen molar-refractivity contribution >= 4 is 0 Å². The van der Waals surface area contributed by atoms with Crippen molar-refractivity contribution in [2.45, 2.75) is 26.1 Å². The summed E-state index contributed by atoms with van der Waals surface area (Å²) in [7, 11) is 0. The number of hydrogen-bond acceptors (Lipinski definition) is 3. The van der Waals surface area contributed by atoms with Gasteiger partial charge in [0.05, 0.1) is 18.8 Å².